The molecule has 1 aliphatic rings. The van der Waals surface area contributed by atoms with Crippen LogP contribution in [0, 0.1) is 0 Å². The van der Waals surface area contributed by atoms with Gasteiger partial charge in [0.1, 0.15) is 17.2 Å². The lowest BCUT2D eigenvalue weighted by atomic mass is 9.84. The number of carbonyl (C=O) groups excluding carboxylic acids is 3. The Kier molecular flexibility index (Phi) is 14.7. The van der Waals surface area contributed by atoms with Crippen molar-refractivity contribution in [3.05, 3.63) is 113 Å². The van der Waals surface area contributed by atoms with E-state index in [1.165, 1.54) is 7.11 Å². The minimum absolute atomic E-state index is 0.0326. The Labute approximate surface area is 354 Å². The Morgan fingerprint density at radius 2 is 1.52 bits per heavy atom. The summed E-state index contributed by atoms with van der Waals surface area (Å²) in [6, 6.07) is 23.5. The van der Waals surface area contributed by atoms with Gasteiger partial charge in [-0.15, -0.1) is 0 Å². The Morgan fingerprint density at radius 3 is 2.23 bits per heavy atom. The summed E-state index contributed by atoms with van der Waals surface area (Å²) in [5, 5.41) is 16.7. The second-order valence-electron chi connectivity index (χ2n) is 15.9. The van der Waals surface area contributed by atoms with Gasteiger partial charge >= 0.3 is 6.03 Å². The molecule has 1 fully saturated rings. The van der Waals surface area contributed by atoms with Crippen LogP contribution in [0.4, 0.5) is 16.2 Å². The van der Waals surface area contributed by atoms with Crippen LogP contribution in [-0.2, 0) is 22.6 Å². The molecule has 12 nitrogen and oxygen atoms in total. The summed E-state index contributed by atoms with van der Waals surface area (Å²) >= 11 is 0. The molecule has 4 aromatic carbocycles. The van der Waals surface area contributed by atoms with Crippen molar-refractivity contribution in [1.29, 1.82) is 0 Å². The number of hydrogen-bond donors (Lipinski definition) is 3. The molecule has 1 saturated heterocycles. The SMILES string of the molecule is COc1cc(Cc2cc(Oc3ccc(NC(=O)Nc4cc(C(C)(C)C)cc(C(=O)CCCO)c4OC)c4ccccc34)ccn2)ccc1C(=O)CCCN1CCS(=O)CC1. The van der Waals surface area contributed by atoms with E-state index >= 15 is 0 Å². The van der Waals surface area contributed by atoms with Gasteiger partial charge < -0.3 is 34.9 Å². The number of rotatable bonds is 17. The second-order valence-corrected chi connectivity index (χ2v) is 17.5. The van der Waals surface area contributed by atoms with Gasteiger partial charge in [0.25, 0.3) is 0 Å². The molecule has 1 aliphatic heterocycles. The zero-order chi connectivity index (χ0) is 42.8. The molecule has 0 atom stereocenters. The van der Waals surface area contributed by atoms with E-state index in [1.807, 2.05) is 75.4 Å². The number of aliphatic hydroxyl groups excluding tert-OH is 1. The van der Waals surface area contributed by atoms with Crippen LogP contribution in [0.1, 0.15) is 84.0 Å². The molecule has 0 saturated carbocycles. The highest BCUT2D eigenvalue weighted by atomic mass is 32.2. The largest absolute Gasteiger partial charge is 0.496 e. The number of urea groups is 1. The number of pyridine rings is 1. The van der Waals surface area contributed by atoms with Crippen molar-refractivity contribution in [2.24, 2.45) is 0 Å². The topological polar surface area (TPSA) is 156 Å². The van der Waals surface area contributed by atoms with Crippen molar-refractivity contribution in [2.45, 2.75) is 58.3 Å². The number of aromatic nitrogens is 1. The number of hydrogen-bond acceptors (Lipinski definition) is 10. The number of carbonyl (C=O) groups is 3. The Morgan fingerprint density at radius 1 is 0.800 bits per heavy atom. The number of nitrogens with one attached hydrogen (secondary N) is 2. The minimum Gasteiger partial charge on any atom is -0.496 e. The lowest BCUT2D eigenvalue weighted by molar-refractivity contribution is 0.0962. The highest BCUT2D eigenvalue weighted by Gasteiger charge is 2.24. The van der Waals surface area contributed by atoms with Crippen molar-refractivity contribution in [3.8, 4) is 23.0 Å². The Bertz CT molecular complexity index is 2370. The molecule has 0 unspecified atom stereocenters. The van der Waals surface area contributed by atoms with E-state index < -0.39 is 16.8 Å². The fraction of sp³-hybridized carbons (Fsp3) is 0.362. The van der Waals surface area contributed by atoms with Crippen LogP contribution >= 0.6 is 0 Å². The lowest BCUT2D eigenvalue weighted by Gasteiger charge is -2.25. The van der Waals surface area contributed by atoms with E-state index in [-0.39, 0.29) is 35.8 Å². The zero-order valence-electron chi connectivity index (χ0n) is 35.0. The fourth-order valence-corrected chi connectivity index (χ4v) is 8.35. The third-order valence-electron chi connectivity index (χ3n) is 10.5. The smallest absolute Gasteiger partial charge is 0.323 e. The van der Waals surface area contributed by atoms with Gasteiger partial charge in [0.05, 0.1) is 36.7 Å². The Balaban J connectivity index is 1.14. The number of Topliss-reactive ketones (excluding diaryl/α,β-unsaturated/α-hetero) is 2. The number of ether oxygens (including phenoxy) is 3. The first-order chi connectivity index (χ1) is 28.9. The van der Waals surface area contributed by atoms with Gasteiger partial charge in [0.2, 0.25) is 0 Å². The number of fused-ring (bicyclic) bond motifs is 1. The molecule has 0 spiro atoms. The van der Waals surface area contributed by atoms with Crippen LogP contribution in [0.5, 0.6) is 23.0 Å². The average molecular weight is 835 g/mol. The average Bonchev–Trinajstić information content (AvgIpc) is 3.23. The van der Waals surface area contributed by atoms with Gasteiger partial charge in [0.15, 0.2) is 17.3 Å². The fourth-order valence-electron chi connectivity index (χ4n) is 7.23. The number of methoxy groups -OCH3 is 2. The number of aliphatic hydroxyl groups is 1. The maximum absolute atomic E-state index is 13.6. The van der Waals surface area contributed by atoms with Gasteiger partial charge in [0, 0.05) is 90.0 Å². The monoisotopic (exact) mass is 834 g/mol. The zero-order valence-corrected chi connectivity index (χ0v) is 35.8. The standard InChI is InChI=1S/C47H54N4O8S/c1-47(2,3)32-28-38(42(54)13-9-23-52)45(58-5)40(29-32)50-46(55)49-39-16-17-43(36-11-7-6-10-35(36)39)59-34-18-19-48-33(30-34)26-31-14-15-37(44(27-31)57-4)41(53)12-8-20-51-21-24-60(56)25-22-51/h6-7,10-11,14-19,27-30,52H,8-9,12-13,20-26H2,1-5H3,(H2,49,50,55). The molecule has 6 rings (SSSR count). The van der Waals surface area contributed by atoms with Crippen LogP contribution < -0.4 is 24.8 Å². The minimum atomic E-state index is -0.719. The van der Waals surface area contributed by atoms with Gasteiger partial charge in [-0.2, -0.15) is 0 Å². The van der Waals surface area contributed by atoms with Gasteiger partial charge in [-0.3, -0.25) is 18.8 Å². The van der Waals surface area contributed by atoms with Crippen LogP contribution in [0.15, 0.2) is 85.1 Å². The van der Waals surface area contributed by atoms with Gasteiger partial charge in [-0.25, -0.2) is 4.79 Å². The molecule has 2 amide bonds. The highest BCUT2D eigenvalue weighted by molar-refractivity contribution is 7.85. The molecule has 0 radical (unpaired) electrons. The van der Waals surface area contributed by atoms with Crippen LogP contribution in [-0.4, -0.2) is 88.8 Å². The molecule has 2 heterocycles. The number of nitrogens with zero attached hydrogens (tertiary/aromatic N) is 2. The highest BCUT2D eigenvalue weighted by Crippen LogP contribution is 2.38. The molecule has 60 heavy (non-hydrogen) atoms. The van der Waals surface area contributed by atoms with Crippen LogP contribution in [0.25, 0.3) is 10.8 Å². The second kappa shape index (κ2) is 20.1. The molecular weight excluding hydrogens is 781 g/mol. The summed E-state index contributed by atoms with van der Waals surface area (Å²) in [6.07, 6.45) is 3.79. The van der Waals surface area contributed by atoms with Crippen molar-refractivity contribution in [1.82, 2.24) is 9.88 Å². The predicted octanol–water partition coefficient (Wildman–Crippen LogP) is 8.56. The Hall–Kier alpha value is -5.63. The van der Waals surface area contributed by atoms with E-state index in [2.05, 4.69) is 20.5 Å². The summed E-state index contributed by atoms with van der Waals surface area (Å²) in [5.74, 6) is 3.20. The number of anilines is 2. The van der Waals surface area contributed by atoms with E-state index in [1.54, 1.807) is 37.6 Å². The molecule has 13 heteroatoms. The predicted molar refractivity (Wildman–Crippen MR) is 237 cm³/mol. The first-order valence-corrected chi connectivity index (χ1v) is 21.7. The lowest BCUT2D eigenvalue weighted by Crippen LogP contribution is -2.38. The third-order valence-corrected chi connectivity index (χ3v) is 11.8. The van der Waals surface area contributed by atoms with E-state index in [4.69, 9.17) is 14.2 Å². The summed E-state index contributed by atoms with van der Waals surface area (Å²) in [5.41, 5.74) is 4.02. The molecule has 0 bridgehead atoms. The van der Waals surface area contributed by atoms with Crippen molar-refractivity contribution < 1.29 is 37.9 Å². The summed E-state index contributed by atoms with van der Waals surface area (Å²) in [6.45, 7) is 8.40. The first-order valence-electron chi connectivity index (χ1n) is 20.2. The summed E-state index contributed by atoms with van der Waals surface area (Å²) in [7, 11) is 2.31. The molecule has 0 aliphatic carbocycles. The number of ketones is 2. The van der Waals surface area contributed by atoms with Crippen molar-refractivity contribution >= 4 is 50.5 Å². The van der Waals surface area contributed by atoms with Crippen molar-refractivity contribution in [2.75, 3.05) is 62.6 Å². The quantitative estimate of drug-likeness (QED) is 0.0776. The maximum atomic E-state index is 13.6. The molecular formula is C47H54N4O8S. The van der Waals surface area contributed by atoms with E-state index in [0.717, 1.165) is 53.6 Å². The number of amides is 2. The van der Waals surface area contributed by atoms with Gasteiger partial charge in [-0.1, -0.05) is 51.1 Å². The molecule has 5 aromatic rings. The van der Waals surface area contributed by atoms with Crippen LogP contribution in [0.3, 0.4) is 0 Å². The summed E-state index contributed by atoms with van der Waals surface area (Å²) in [4.78, 5) is 46.8. The van der Waals surface area contributed by atoms with Gasteiger partial charge in [-0.05, 0) is 78.4 Å². The van der Waals surface area contributed by atoms with E-state index in [9.17, 15) is 23.7 Å². The third kappa shape index (κ3) is 11.1. The van der Waals surface area contributed by atoms with Crippen molar-refractivity contribution in [3.63, 3.8) is 0 Å². The molecule has 3 N–H and O–H groups in total. The van der Waals surface area contributed by atoms with E-state index in [0.29, 0.717) is 70.5 Å². The number of benzene rings is 4. The maximum Gasteiger partial charge on any atom is 0.323 e. The molecule has 1 aromatic heterocycles. The molecule has 316 valence electrons. The normalized spacial score (nSPS) is 13.5. The summed E-state index contributed by atoms with van der Waals surface area (Å²) < 4.78 is 29.4. The first kappa shape index (κ1) is 43.9. The van der Waals surface area contributed by atoms with Crippen LogP contribution in [0.2, 0.25) is 0 Å².